The maximum atomic E-state index is 13.3. The largest absolute Gasteiger partial charge is 0.416 e. The SMILES string of the molecule is O=C(NCc1nc2ccc(F)cc2[nH]1)C1CCN(Cc2c[nH]c3ccc(C(F)(F)F)cc23)CC1. The Balaban J connectivity index is 1.16. The Morgan fingerprint density at radius 3 is 2.68 bits per heavy atom. The van der Waals surface area contributed by atoms with Crippen molar-refractivity contribution in [3.05, 3.63) is 65.4 Å². The summed E-state index contributed by atoms with van der Waals surface area (Å²) in [5.41, 5.74) is 2.04. The molecular weight excluding hydrogens is 450 g/mol. The molecule has 1 aliphatic rings. The second-order valence-electron chi connectivity index (χ2n) is 8.69. The van der Waals surface area contributed by atoms with Crippen molar-refractivity contribution in [1.29, 1.82) is 0 Å². The first-order valence-electron chi connectivity index (χ1n) is 11.1. The molecule has 0 bridgehead atoms. The van der Waals surface area contributed by atoms with Gasteiger partial charge in [-0.25, -0.2) is 9.37 Å². The van der Waals surface area contributed by atoms with E-state index >= 15 is 0 Å². The van der Waals surface area contributed by atoms with Crippen LogP contribution in [0.25, 0.3) is 21.9 Å². The summed E-state index contributed by atoms with van der Waals surface area (Å²) in [4.78, 5) is 25.2. The highest BCUT2D eigenvalue weighted by molar-refractivity contribution is 5.84. The normalized spacial score (nSPS) is 15.9. The van der Waals surface area contributed by atoms with Crippen LogP contribution in [0.1, 0.15) is 29.8 Å². The molecule has 0 aliphatic carbocycles. The van der Waals surface area contributed by atoms with Crippen LogP contribution in [0.2, 0.25) is 0 Å². The van der Waals surface area contributed by atoms with Gasteiger partial charge in [-0.05, 0) is 67.9 Å². The van der Waals surface area contributed by atoms with E-state index in [1.54, 1.807) is 12.3 Å². The van der Waals surface area contributed by atoms with Crippen LogP contribution in [0.4, 0.5) is 17.6 Å². The molecule has 2 aromatic carbocycles. The first-order chi connectivity index (χ1) is 16.3. The molecule has 0 atom stereocenters. The van der Waals surface area contributed by atoms with Gasteiger partial charge < -0.3 is 15.3 Å². The van der Waals surface area contributed by atoms with E-state index in [4.69, 9.17) is 0 Å². The minimum atomic E-state index is -4.38. The van der Waals surface area contributed by atoms with Gasteiger partial charge in [0.15, 0.2) is 0 Å². The number of H-pyrrole nitrogens is 2. The lowest BCUT2D eigenvalue weighted by molar-refractivity contribution is -0.137. The summed E-state index contributed by atoms with van der Waals surface area (Å²) in [5, 5.41) is 3.46. The number of rotatable bonds is 5. The summed E-state index contributed by atoms with van der Waals surface area (Å²) in [6, 6.07) is 8.01. The van der Waals surface area contributed by atoms with Crippen LogP contribution in [0.15, 0.2) is 42.6 Å². The van der Waals surface area contributed by atoms with Crippen molar-refractivity contribution in [3.8, 4) is 0 Å². The molecule has 3 heterocycles. The number of halogens is 4. The van der Waals surface area contributed by atoms with Gasteiger partial charge in [0, 0.05) is 29.6 Å². The standard InChI is InChI=1S/C24H23F4N5O/c25-17-2-4-20-21(10-17)32-22(31-20)12-30-23(34)14-5-7-33(8-6-14)13-15-11-29-19-3-1-16(9-18(15)19)24(26,27)28/h1-4,9-11,14,29H,5-8,12-13H2,(H,30,34)(H,31,32). The van der Waals surface area contributed by atoms with Crippen LogP contribution in [0.3, 0.4) is 0 Å². The van der Waals surface area contributed by atoms with Gasteiger partial charge in [-0.1, -0.05) is 0 Å². The van der Waals surface area contributed by atoms with E-state index in [9.17, 15) is 22.4 Å². The molecular formula is C24H23F4N5O. The molecule has 2 aromatic heterocycles. The highest BCUT2D eigenvalue weighted by atomic mass is 19.4. The number of nitrogens with one attached hydrogen (secondary N) is 3. The van der Waals surface area contributed by atoms with Gasteiger partial charge in [0.2, 0.25) is 5.91 Å². The number of aromatic nitrogens is 3. The van der Waals surface area contributed by atoms with E-state index in [0.717, 1.165) is 11.6 Å². The molecule has 1 amide bonds. The summed E-state index contributed by atoms with van der Waals surface area (Å²) < 4.78 is 52.6. The van der Waals surface area contributed by atoms with Crippen LogP contribution in [0.5, 0.6) is 0 Å². The van der Waals surface area contributed by atoms with E-state index in [2.05, 4.69) is 25.2 Å². The van der Waals surface area contributed by atoms with E-state index in [0.29, 0.717) is 60.2 Å². The minimum Gasteiger partial charge on any atom is -0.361 e. The van der Waals surface area contributed by atoms with Gasteiger partial charge >= 0.3 is 6.18 Å². The fourth-order valence-corrected chi connectivity index (χ4v) is 4.51. The van der Waals surface area contributed by atoms with Crippen molar-refractivity contribution in [2.45, 2.75) is 32.1 Å². The van der Waals surface area contributed by atoms with Crippen LogP contribution in [-0.2, 0) is 24.1 Å². The highest BCUT2D eigenvalue weighted by Gasteiger charge is 2.31. The first-order valence-corrected chi connectivity index (χ1v) is 11.1. The van der Waals surface area contributed by atoms with Crippen LogP contribution in [-0.4, -0.2) is 38.8 Å². The zero-order valence-corrected chi connectivity index (χ0v) is 18.2. The lowest BCUT2D eigenvalue weighted by Crippen LogP contribution is -2.40. The van der Waals surface area contributed by atoms with Crippen LogP contribution in [0, 0.1) is 11.7 Å². The van der Waals surface area contributed by atoms with Crippen molar-refractivity contribution in [2.24, 2.45) is 5.92 Å². The zero-order valence-electron chi connectivity index (χ0n) is 18.2. The Bertz CT molecular complexity index is 1330. The molecule has 0 unspecified atom stereocenters. The van der Waals surface area contributed by atoms with E-state index in [1.807, 2.05) is 0 Å². The maximum Gasteiger partial charge on any atom is 0.416 e. The monoisotopic (exact) mass is 473 g/mol. The van der Waals surface area contributed by atoms with Gasteiger partial charge in [0.1, 0.15) is 11.6 Å². The predicted octanol–water partition coefficient (Wildman–Crippen LogP) is 4.73. The van der Waals surface area contributed by atoms with Gasteiger partial charge in [-0.15, -0.1) is 0 Å². The number of benzene rings is 2. The van der Waals surface area contributed by atoms with E-state index in [1.165, 1.54) is 24.3 Å². The van der Waals surface area contributed by atoms with Gasteiger partial charge in [0.25, 0.3) is 0 Å². The molecule has 5 rings (SSSR count). The number of hydrogen-bond acceptors (Lipinski definition) is 3. The van der Waals surface area contributed by atoms with E-state index in [-0.39, 0.29) is 24.2 Å². The second-order valence-corrected chi connectivity index (χ2v) is 8.69. The molecule has 0 spiro atoms. The van der Waals surface area contributed by atoms with Crippen molar-refractivity contribution in [3.63, 3.8) is 0 Å². The average molecular weight is 473 g/mol. The van der Waals surface area contributed by atoms with Crippen molar-refractivity contribution in [2.75, 3.05) is 13.1 Å². The maximum absolute atomic E-state index is 13.3. The molecule has 4 aromatic rings. The third-order valence-corrected chi connectivity index (χ3v) is 6.37. The van der Waals surface area contributed by atoms with Gasteiger partial charge in [0.05, 0.1) is 23.1 Å². The molecule has 10 heteroatoms. The number of alkyl halides is 3. The van der Waals surface area contributed by atoms with Gasteiger partial charge in [-0.3, -0.25) is 9.69 Å². The Hall–Kier alpha value is -3.40. The highest BCUT2D eigenvalue weighted by Crippen LogP contribution is 2.33. The summed E-state index contributed by atoms with van der Waals surface area (Å²) in [6.07, 6.45) is -1.31. The molecule has 6 nitrogen and oxygen atoms in total. The molecule has 1 aliphatic heterocycles. The quantitative estimate of drug-likeness (QED) is 0.367. The molecule has 34 heavy (non-hydrogen) atoms. The lowest BCUT2D eigenvalue weighted by atomic mass is 9.95. The Morgan fingerprint density at radius 1 is 1.12 bits per heavy atom. The summed E-state index contributed by atoms with van der Waals surface area (Å²) in [5.74, 6) is 0.00180. The molecule has 0 radical (unpaired) electrons. The number of nitrogens with zero attached hydrogens (tertiary/aromatic N) is 2. The first kappa shape index (κ1) is 22.4. The Labute approximate surface area is 192 Å². The number of likely N-dealkylation sites (tertiary alicyclic amines) is 1. The predicted molar refractivity (Wildman–Crippen MR) is 119 cm³/mol. The fraction of sp³-hybridized carbons (Fsp3) is 0.333. The average Bonchev–Trinajstić information content (AvgIpc) is 3.40. The summed E-state index contributed by atoms with van der Waals surface area (Å²) >= 11 is 0. The molecule has 1 saturated heterocycles. The molecule has 3 N–H and O–H groups in total. The molecule has 1 fully saturated rings. The minimum absolute atomic E-state index is 0.0619. The fourth-order valence-electron chi connectivity index (χ4n) is 4.51. The van der Waals surface area contributed by atoms with Crippen LogP contribution >= 0.6 is 0 Å². The van der Waals surface area contributed by atoms with Gasteiger partial charge in [-0.2, -0.15) is 13.2 Å². The number of carbonyl (C=O) groups excluding carboxylic acids is 1. The number of imidazole rings is 1. The Morgan fingerprint density at radius 2 is 1.91 bits per heavy atom. The topological polar surface area (TPSA) is 76.8 Å². The number of carbonyl (C=O) groups is 1. The van der Waals surface area contributed by atoms with Crippen molar-refractivity contribution in [1.82, 2.24) is 25.2 Å². The number of fused-ring (bicyclic) bond motifs is 2. The molecule has 178 valence electrons. The lowest BCUT2D eigenvalue weighted by Gasteiger charge is -2.31. The summed E-state index contributed by atoms with van der Waals surface area (Å²) in [6.45, 7) is 2.10. The zero-order chi connectivity index (χ0) is 23.9. The number of hydrogen-bond donors (Lipinski definition) is 3. The number of piperidine rings is 1. The summed E-state index contributed by atoms with van der Waals surface area (Å²) in [7, 11) is 0. The third kappa shape index (κ3) is 4.63. The smallest absolute Gasteiger partial charge is 0.361 e. The number of amides is 1. The second kappa shape index (κ2) is 8.75. The van der Waals surface area contributed by atoms with Crippen LogP contribution < -0.4 is 5.32 Å². The third-order valence-electron chi connectivity index (χ3n) is 6.37. The van der Waals surface area contributed by atoms with E-state index < -0.39 is 11.7 Å². The van der Waals surface area contributed by atoms with Crippen molar-refractivity contribution < 1.29 is 22.4 Å². The molecule has 0 saturated carbocycles. The van der Waals surface area contributed by atoms with Crippen molar-refractivity contribution >= 4 is 27.8 Å². The number of aromatic amines is 2. The Kier molecular flexibility index (Phi) is 5.76.